The van der Waals surface area contributed by atoms with Gasteiger partial charge in [0.2, 0.25) is 0 Å². The van der Waals surface area contributed by atoms with Gasteiger partial charge in [0, 0.05) is 17.3 Å². The number of carbonyl (C=O) groups is 3. The largest absolute Gasteiger partial charge is 1.00 e. The van der Waals surface area contributed by atoms with Gasteiger partial charge in [-0.05, 0) is 25.1 Å². The van der Waals surface area contributed by atoms with Crippen LogP contribution in [0.1, 0.15) is 17.3 Å². The second-order valence-electron chi connectivity index (χ2n) is 3.79. The van der Waals surface area contributed by atoms with Crippen LogP contribution >= 0.6 is 0 Å². The summed E-state index contributed by atoms with van der Waals surface area (Å²) >= 11 is 0. The fourth-order valence-electron chi connectivity index (χ4n) is 1.03. The third-order valence-corrected chi connectivity index (χ3v) is 2.04. The van der Waals surface area contributed by atoms with Crippen LogP contribution in [0.15, 0.2) is 43.0 Å². The Morgan fingerprint density at radius 2 is 1.82 bits per heavy atom. The van der Waals surface area contributed by atoms with Crippen LogP contribution in [0, 0.1) is 0 Å². The summed E-state index contributed by atoms with van der Waals surface area (Å²) in [7, 11) is 0. The van der Waals surface area contributed by atoms with Gasteiger partial charge in [-0.2, -0.15) is 0 Å². The number of amides is 1. The van der Waals surface area contributed by atoms with E-state index in [1.165, 1.54) is 18.2 Å². The number of aromatic hydroxyl groups is 1. The Kier molecular flexibility index (Phi) is 10.7. The van der Waals surface area contributed by atoms with Gasteiger partial charge in [-0.1, -0.05) is 13.2 Å². The number of anilines is 1. The summed E-state index contributed by atoms with van der Waals surface area (Å²) in [6, 6.07) is 3.78. The number of benzene rings is 1. The number of rotatable bonds is 4. The third kappa shape index (κ3) is 8.25. The topological polar surface area (TPSA) is 127 Å². The Hall–Kier alpha value is -2.09. The molecule has 22 heavy (non-hydrogen) atoms. The SMILES string of the molecule is C=C(C)C(=O)Nc1ccc(C(=O)O)c(O)c1.C=CC(=O)[O-].[Na+]. The first kappa shape index (κ1) is 22.2. The molecule has 0 saturated carbocycles. The average molecular weight is 315 g/mol. The molecule has 0 spiro atoms. The van der Waals surface area contributed by atoms with Gasteiger partial charge < -0.3 is 25.4 Å². The molecule has 0 aliphatic carbocycles. The second-order valence-corrected chi connectivity index (χ2v) is 3.79. The summed E-state index contributed by atoms with van der Waals surface area (Å²) < 4.78 is 0. The number of carboxylic acids is 2. The normalized spacial score (nSPS) is 8.41. The molecule has 0 saturated heterocycles. The maximum absolute atomic E-state index is 11.2. The molecule has 0 unspecified atom stereocenters. The molecule has 112 valence electrons. The van der Waals surface area contributed by atoms with E-state index in [0.29, 0.717) is 11.3 Å². The smallest absolute Gasteiger partial charge is 0.545 e. The molecular formula is C14H14NNaO6. The van der Waals surface area contributed by atoms with E-state index >= 15 is 0 Å². The Balaban J connectivity index is 0. The molecular weight excluding hydrogens is 301 g/mol. The fourth-order valence-corrected chi connectivity index (χ4v) is 1.03. The van der Waals surface area contributed by atoms with E-state index in [1.807, 2.05) is 0 Å². The number of aromatic carboxylic acids is 1. The van der Waals surface area contributed by atoms with Crippen molar-refractivity contribution >= 4 is 23.5 Å². The van der Waals surface area contributed by atoms with E-state index in [-0.39, 0.29) is 41.0 Å². The zero-order valence-electron chi connectivity index (χ0n) is 12.3. The summed E-state index contributed by atoms with van der Waals surface area (Å²) in [6.45, 7) is 7.89. The van der Waals surface area contributed by atoms with Crippen LogP contribution in [0.25, 0.3) is 0 Å². The average Bonchev–Trinajstić information content (AvgIpc) is 2.38. The predicted octanol–water partition coefficient (Wildman–Crippen LogP) is -2.47. The van der Waals surface area contributed by atoms with Gasteiger partial charge in [0.15, 0.2) is 0 Å². The van der Waals surface area contributed by atoms with Crippen molar-refractivity contribution < 1.29 is 59.3 Å². The number of hydrogen-bond acceptors (Lipinski definition) is 5. The van der Waals surface area contributed by atoms with Gasteiger partial charge in [0.25, 0.3) is 5.91 Å². The van der Waals surface area contributed by atoms with Gasteiger partial charge in [0.1, 0.15) is 11.3 Å². The number of aliphatic carboxylic acids is 1. The molecule has 0 radical (unpaired) electrons. The van der Waals surface area contributed by atoms with Crippen LogP contribution in [0.5, 0.6) is 5.75 Å². The quantitative estimate of drug-likeness (QED) is 0.417. The van der Waals surface area contributed by atoms with E-state index < -0.39 is 17.7 Å². The molecule has 0 aliphatic rings. The molecule has 0 heterocycles. The van der Waals surface area contributed by atoms with Crippen molar-refractivity contribution in [1.29, 1.82) is 0 Å². The Morgan fingerprint density at radius 3 is 2.14 bits per heavy atom. The minimum atomic E-state index is -1.23. The van der Waals surface area contributed by atoms with Crippen LogP contribution in [0.2, 0.25) is 0 Å². The minimum Gasteiger partial charge on any atom is -0.545 e. The molecule has 0 bridgehead atoms. The van der Waals surface area contributed by atoms with Crippen molar-refractivity contribution in [2.24, 2.45) is 0 Å². The van der Waals surface area contributed by atoms with Gasteiger partial charge in [0.05, 0.1) is 5.97 Å². The van der Waals surface area contributed by atoms with E-state index in [1.54, 1.807) is 6.92 Å². The first-order valence-corrected chi connectivity index (χ1v) is 5.55. The molecule has 3 N–H and O–H groups in total. The molecule has 1 amide bonds. The maximum atomic E-state index is 11.2. The molecule has 0 atom stereocenters. The molecule has 1 rings (SSSR count). The van der Waals surface area contributed by atoms with Crippen LogP contribution in [-0.2, 0) is 9.59 Å². The number of hydrogen-bond donors (Lipinski definition) is 3. The van der Waals surface area contributed by atoms with Crippen molar-refractivity contribution in [3.8, 4) is 5.75 Å². The van der Waals surface area contributed by atoms with Crippen molar-refractivity contribution in [2.45, 2.75) is 6.92 Å². The van der Waals surface area contributed by atoms with Crippen LogP contribution < -0.4 is 40.0 Å². The Labute approximate surface area is 149 Å². The second kappa shape index (κ2) is 10.6. The molecule has 1 aromatic rings. The molecule has 7 nitrogen and oxygen atoms in total. The third-order valence-electron chi connectivity index (χ3n) is 2.04. The molecule has 0 aliphatic heterocycles. The van der Waals surface area contributed by atoms with Gasteiger partial charge >= 0.3 is 35.5 Å². The first-order chi connectivity index (χ1) is 9.68. The maximum Gasteiger partial charge on any atom is 1.00 e. The van der Waals surface area contributed by atoms with E-state index in [2.05, 4.69) is 18.5 Å². The van der Waals surface area contributed by atoms with Crippen molar-refractivity contribution in [3.05, 3.63) is 48.6 Å². The van der Waals surface area contributed by atoms with E-state index in [9.17, 15) is 14.7 Å². The predicted molar refractivity (Wildman–Crippen MR) is 73.7 cm³/mol. The standard InChI is InChI=1S/C11H11NO4.C3H4O2.Na/c1-6(2)10(14)12-7-3-4-8(11(15)16)9(13)5-7;1-2-3(4)5;/h3-5,13H,1H2,2H3,(H,12,14)(H,15,16);2H,1H2,(H,4,5);/q;;+1/p-1. The van der Waals surface area contributed by atoms with Crippen molar-refractivity contribution in [2.75, 3.05) is 5.32 Å². The zero-order chi connectivity index (χ0) is 16.6. The Bertz CT molecular complexity index is 597. The first-order valence-electron chi connectivity index (χ1n) is 5.55. The summed E-state index contributed by atoms with van der Waals surface area (Å²) in [5.74, 6) is -3.24. The van der Waals surface area contributed by atoms with Crippen LogP contribution in [-0.4, -0.2) is 28.1 Å². The summed E-state index contributed by atoms with van der Waals surface area (Å²) in [5, 5.41) is 29.6. The van der Waals surface area contributed by atoms with Gasteiger partial charge in [-0.3, -0.25) is 4.79 Å². The molecule has 0 fully saturated rings. The number of carboxylic acid groups (broad SMARTS) is 2. The molecule has 1 aromatic carbocycles. The monoisotopic (exact) mass is 315 g/mol. The minimum absolute atomic E-state index is 0. The van der Waals surface area contributed by atoms with Crippen molar-refractivity contribution in [1.82, 2.24) is 0 Å². The van der Waals surface area contributed by atoms with E-state index in [4.69, 9.17) is 15.0 Å². The summed E-state index contributed by atoms with van der Waals surface area (Å²) in [6.07, 6.45) is 0.722. The fraction of sp³-hybridized carbons (Fsp3) is 0.0714. The molecule has 0 aromatic heterocycles. The summed E-state index contributed by atoms with van der Waals surface area (Å²) in [5.41, 5.74) is 0.422. The summed E-state index contributed by atoms with van der Waals surface area (Å²) in [4.78, 5) is 31.0. The van der Waals surface area contributed by atoms with Crippen LogP contribution in [0.3, 0.4) is 0 Å². The number of phenols is 1. The van der Waals surface area contributed by atoms with E-state index in [0.717, 1.165) is 6.08 Å². The van der Waals surface area contributed by atoms with Gasteiger partial charge in [-0.15, -0.1) is 0 Å². The Morgan fingerprint density at radius 1 is 1.32 bits per heavy atom. The van der Waals surface area contributed by atoms with Gasteiger partial charge in [-0.25, -0.2) is 4.79 Å². The van der Waals surface area contributed by atoms with Crippen molar-refractivity contribution in [3.63, 3.8) is 0 Å². The zero-order valence-corrected chi connectivity index (χ0v) is 14.3. The number of nitrogens with one attached hydrogen (secondary N) is 1. The molecule has 8 heteroatoms. The van der Waals surface area contributed by atoms with Crippen LogP contribution in [0.4, 0.5) is 5.69 Å². The number of carbonyl (C=O) groups excluding carboxylic acids is 2.